The van der Waals surface area contributed by atoms with Gasteiger partial charge in [0.2, 0.25) is 0 Å². The van der Waals surface area contributed by atoms with Gasteiger partial charge < -0.3 is 10.4 Å². The van der Waals surface area contributed by atoms with Gasteiger partial charge in [-0.25, -0.2) is 0 Å². The monoisotopic (exact) mass is 247 g/mol. The van der Waals surface area contributed by atoms with Crippen molar-refractivity contribution >= 4 is 29.7 Å². The van der Waals surface area contributed by atoms with Crippen molar-refractivity contribution in [1.82, 2.24) is 5.32 Å². The summed E-state index contributed by atoms with van der Waals surface area (Å²) in [6.45, 7) is 0.826. The maximum Gasteiger partial charge on any atom is 0.320 e. The molecular formula is C10H14ClNO2S. The van der Waals surface area contributed by atoms with E-state index in [1.54, 1.807) is 11.3 Å². The zero-order valence-electron chi connectivity index (χ0n) is 8.18. The van der Waals surface area contributed by atoms with Crippen LogP contribution >= 0.6 is 23.7 Å². The topological polar surface area (TPSA) is 49.3 Å². The summed E-state index contributed by atoms with van der Waals surface area (Å²) in [5.74, 6) is -0.247. The van der Waals surface area contributed by atoms with Gasteiger partial charge in [-0.05, 0) is 47.7 Å². The second kappa shape index (κ2) is 5.49. The molecule has 0 aromatic carbocycles. The van der Waals surface area contributed by atoms with Gasteiger partial charge in [-0.2, -0.15) is 11.3 Å². The van der Waals surface area contributed by atoms with Crippen LogP contribution in [0.1, 0.15) is 12.0 Å². The van der Waals surface area contributed by atoms with Crippen LogP contribution in [-0.2, 0) is 11.2 Å². The van der Waals surface area contributed by atoms with E-state index in [9.17, 15) is 4.79 Å². The van der Waals surface area contributed by atoms with Gasteiger partial charge >= 0.3 is 5.97 Å². The summed E-state index contributed by atoms with van der Waals surface area (Å²) in [5.41, 5.74) is 1.33. The Labute approximate surface area is 98.9 Å². The van der Waals surface area contributed by atoms with E-state index in [-0.39, 0.29) is 18.4 Å². The predicted octanol–water partition coefficient (Wildman–Crippen LogP) is 1.78. The van der Waals surface area contributed by atoms with Crippen molar-refractivity contribution < 1.29 is 9.90 Å². The lowest BCUT2D eigenvalue weighted by molar-refractivity contribution is -0.139. The highest BCUT2D eigenvalue weighted by Crippen LogP contribution is 2.20. The average molecular weight is 248 g/mol. The molecule has 1 aliphatic heterocycles. The van der Waals surface area contributed by atoms with Crippen LogP contribution in [0.4, 0.5) is 0 Å². The molecule has 15 heavy (non-hydrogen) atoms. The number of aliphatic carboxylic acids is 1. The van der Waals surface area contributed by atoms with Gasteiger partial charge in [0, 0.05) is 0 Å². The molecule has 0 radical (unpaired) electrons. The van der Waals surface area contributed by atoms with Gasteiger partial charge in [0.1, 0.15) is 6.04 Å². The first-order chi connectivity index (χ1) is 6.75. The minimum atomic E-state index is -0.724. The van der Waals surface area contributed by atoms with Crippen LogP contribution in [0.5, 0.6) is 0 Å². The normalized spacial score (nSPS) is 24.8. The Kier molecular flexibility index (Phi) is 4.57. The number of carboxylic acids is 1. The highest BCUT2D eigenvalue weighted by atomic mass is 35.5. The molecule has 0 aliphatic carbocycles. The number of rotatable bonds is 3. The fourth-order valence-electron chi connectivity index (χ4n) is 1.89. The number of thiophene rings is 1. The second-order valence-corrected chi connectivity index (χ2v) is 4.52. The van der Waals surface area contributed by atoms with Crippen molar-refractivity contribution in [2.45, 2.75) is 18.9 Å². The minimum absolute atomic E-state index is 0. The number of carboxylic acid groups (broad SMARTS) is 1. The van der Waals surface area contributed by atoms with Gasteiger partial charge in [-0.1, -0.05) is 0 Å². The van der Waals surface area contributed by atoms with Crippen LogP contribution in [0, 0.1) is 5.92 Å². The average Bonchev–Trinajstić information content (AvgIpc) is 2.75. The summed E-state index contributed by atoms with van der Waals surface area (Å²) in [6.07, 6.45) is 1.76. The molecule has 2 rings (SSSR count). The maximum absolute atomic E-state index is 10.7. The molecule has 1 saturated heterocycles. The van der Waals surface area contributed by atoms with Gasteiger partial charge in [-0.3, -0.25) is 4.79 Å². The summed E-state index contributed by atoms with van der Waals surface area (Å²) in [7, 11) is 0. The van der Waals surface area contributed by atoms with E-state index in [4.69, 9.17) is 5.11 Å². The second-order valence-electron chi connectivity index (χ2n) is 3.74. The highest BCUT2D eigenvalue weighted by molar-refractivity contribution is 7.07. The molecule has 5 heteroatoms. The standard InChI is InChI=1S/C10H13NO2S.ClH/c12-10(13)9-4-8(5-11-9)3-7-1-2-14-6-7;/h1-2,6,8-9,11H,3-5H2,(H,12,13);1H. The van der Waals surface area contributed by atoms with Crippen molar-refractivity contribution in [1.29, 1.82) is 0 Å². The zero-order chi connectivity index (χ0) is 9.97. The van der Waals surface area contributed by atoms with Gasteiger partial charge in [-0.15, -0.1) is 12.4 Å². The molecule has 1 aliphatic rings. The number of hydrogen-bond acceptors (Lipinski definition) is 3. The highest BCUT2D eigenvalue weighted by Gasteiger charge is 2.28. The van der Waals surface area contributed by atoms with E-state index in [0.717, 1.165) is 19.4 Å². The lowest BCUT2D eigenvalue weighted by Gasteiger charge is -2.05. The summed E-state index contributed by atoms with van der Waals surface area (Å²) >= 11 is 1.69. The van der Waals surface area contributed by atoms with Crippen molar-refractivity contribution in [2.75, 3.05) is 6.54 Å². The molecule has 1 aromatic rings. The van der Waals surface area contributed by atoms with Gasteiger partial charge in [0.15, 0.2) is 0 Å². The fourth-order valence-corrected chi connectivity index (χ4v) is 2.58. The zero-order valence-corrected chi connectivity index (χ0v) is 9.81. The van der Waals surface area contributed by atoms with Gasteiger partial charge in [0.25, 0.3) is 0 Å². The van der Waals surface area contributed by atoms with Crippen LogP contribution in [0.3, 0.4) is 0 Å². The van der Waals surface area contributed by atoms with Crippen molar-refractivity contribution in [3.63, 3.8) is 0 Å². The Balaban J connectivity index is 0.00000112. The third kappa shape index (κ3) is 3.19. The van der Waals surface area contributed by atoms with E-state index < -0.39 is 5.97 Å². The van der Waals surface area contributed by atoms with E-state index in [1.807, 2.05) is 0 Å². The number of halogens is 1. The minimum Gasteiger partial charge on any atom is -0.480 e. The first-order valence-electron chi connectivity index (χ1n) is 4.73. The summed E-state index contributed by atoms with van der Waals surface area (Å²) in [6, 6.07) is 1.78. The molecule has 3 nitrogen and oxygen atoms in total. The SMILES string of the molecule is Cl.O=C(O)C1CC(Cc2ccsc2)CN1. The van der Waals surface area contributed by atoms with E-state index in [2.05, 4.69) is 22.1 Å². The van der Waals surface area contributed by atoms with Crippen LogP contribution < -0.4 is 5.32 Å². The Hall–Kier alpha value is -0.580. The lowest BCUT2D eigenvalue weighted by atomic mass is 9.98. The van der Waals surface area contributed by atoms with Crippen molar-refractivity contribution in [3.8, 4) is 0 Å². The smallest absolute Gasteiger partial charge is 0.320 e. The lowest BCUT2D eigenvalue weighted by Crippen LogP contribution is -2.29. The molecular weight excluding hydrogens is 234 g/mol. The molecule has 2 N–H and O–H groups in total. The fraction of sp³-hybridized carbons (Fsp3) is 0.500. The van der Waals surface area contributed by atoms with Crippen LogP contribution in [0.25, 0.3) is 0 Å². The van der Waals surface area contributed by atoms with Crippen LogP contribution in [0.2, 0.25) is 0 Å². The number of hydrogen-bond donors (Lipinski definition) is 2. The molecule has 1 aromatic heterocycles. The molecule has 2 atom stereocenters. The molecule has 0 spiro atoms. The summed E-state index contributed by atoms with van der Waals surface area (Å²) in [4.78, 5) is 10.7. The molecule has 84 valence electrons. The Morgan fingerprint density at radius 2 is 2.47 bits per heavy atom. The van der Waals surface area contributed by atoms with Crippen LogP contribution in [0.15, 0.2) is 16.8 Å². The largest absolute Gasteiger partial charge is 0.480 e. The first kappa shape index (κ1) is 12.5. The van der Waals surface area contributed by atoms with E-state index >= 15 is 0 Å². The molecule has 1 fully saturated rings. The third-order valence-electron chi connectivity index (χ3n) is 2.62. The van der Waals surface area contributed by atoms with Crippen LogP contribution in [-0.4, -0.2) is 23.7 Å². The Morgan fingerprint density at radius 1 is 1.67 bits per heavy atom. The third-order valence-corrected chi connectivity index (χ3v) is 3.36. The molecule has 0 bridgehead atoms. The summed E-state index contributed by atoms with van der Waals surface area (Å²) in [5, 5.41) is 16.0. The Morgan fingerprint density at radius 3 is 3.00 bits per heavy atom. The number of carbonyl (C=O) groups is 1. The first-order valence-corrected chi connectivity index (χ1v) is 5.67. The molecule has 0 saturated carbocycles. The molecule has 0 amide bonds. The van der Waals surface area contributed by atoms with Crippen molar-refractivity contribution in [3.05, 3.63) is 22.4 Å². The quantitative estimate of drug-likeness (QED) is 0.856. The van der Waals surface area contributed by atoms with Crippen molar-refractivity contribution in [2.24, 2.45) is 5.92 Å². The van der Waals surface area contributed by atoms with E-state index in [0.29, 0.717) is 5.92 Å². The molecule has 2 heterocycles. The summed E-state index contributed by atoms with van der Waals surface area (Å²) < 4.78 is 0. The Bertz CT molecular complexity index is 315. The predicted molar refractivity (Wildman–Crippen MR) is 62.8 cm³/mol. The number of nitrogens with one attached hydrogen (secondary N) is 1. The van der Waals surface area contributed by atoms with E-state index in [1.165, 1.54) is 5.56 Å². The van der Waals surface area contributed by atoms with Gasteiger partial charge in [0.05, 0.1) is 0 Å². The maximum atomic E-state index is 10.7. The molecule has 2 unspecified atom stereocenters.